The van der Waals surface area contributed by atoms with Gasteiger partial charge in [0.05, 0.1) is 0 Å². The third-order valence-electron chi connectivity index (χ3n) is 3.93. The molecule has 0 amide bonds. The Balaban J connectivity index is 1.85. The molecule has 0 fully saturated rings. The molecule has 0 aliphatic heterocycles. The van der Waals surface area contributed by atoms with Gasteiger partial charge in [-0.2, -0.15) is 0 Å². The van der Waals surface area contributed by atoms with Crippen LogP contribution in [0.15, 0.2) is 48.5 Å². The van der Waals surface area contributed by atoms with E-state index >= 15 is 0 Å². The number of fused-ring (bicyclic) bond motifs is 1. The number of hydrogen-bond acceptors (Lipinski definition) is 1. The smallest absolute Gasteiger partial charge is 0.134 e. The summed E-state index contributed by atoms with van der Waals surface area (Å²) in [5, 5.41) is 0. The first-order chi connectivity index (χ1) is 10.6. The van der Waals surface area contributed by atoms with Crippen LogP contribution in [0.3, 0.4) is 0 Å². The van der Waals surface area contributed by atoms with Gasteiger partial charge in [0, 0.05) is 17.5 Å². The van der Waals surface area contributed by atoms with Crippen LogP contribution in [0.5, 0.6) is 0 Å². The Morgan fingerprint density at radius 2 is 1.86 bits per heavy atom. The number of benzene rings is 2. The van der Waals surface area contributed by atoms with E-state index in [0.717, 1.165) is 16.7 Å². The number of ketones is 1. The number of carbonyl (C=O) groups is 1. The van der Waals surface area contributed by atoms with E-state index in [1.807, 2.05) is 24.3 Å². The second-order valence-corrected chi connectivity index (χ2v) is 5.78. The molecular weight excluding hydrogens is 268 g/mol. The van der Waals surface area contributed by atoms with Gasteiger partial charge in [0.15, 0.2) is 0 Å². The lowest BCUT2D eigenvalue weighted by atomic mass is 9.98. The minimum atomic E-state index is 0.180. The van der Waals surface area contributed by atoms with Crippen molar-refractivity contribution in [1.29, 1.82) is 0 Å². The molecule has 3 rings (SSSR count). The third kappa shape index (κ3) is 3.02. The lowest BCUT2D eigenvalue weighted by molar-refractivity contribution is -0.116. The van der Waals surface area contributed by atoms with E-state index in [4.69, 9.17) is 0 Å². The van der Waals surface area contributed by atoms with E-state index < -0.39 is 0 Å². The van der Waals surface area contributed by atoms with Crippen molar-refractivity contribution in [1.82, 2.24) is 0 Å². The van der Waals surface area contributed by atoms with Gasteiger partial charge in [0.2, 0.25) is 0 Å². The van der Waals surface area contributed by atoms with Crippen molar-refractivity contribution < 1.29 is 4.79 Å². The van der Waals surface area contributed by atoms with Crippen molar-refractivity contribution in [2.24, 2.45) is 0 Å². The number of hydrogen-bond donors (Lipinski definition) is 0. The Hall–Kier alpha value is -2.59. The van der Waals surface area contributed by atoms with Crippen LogP contribution in [-0.2, 0) is 11.2 Å². The molecule has 22 heavy (non-hydrogen) atoms. The summed E-state index contributed by atoms with van der Waals surface area (Å²) >= 11 is 0. The first kappa shape index (κ1) is 14.4. The van der Waals surface area contributed by atoms with Crippen LogP contribution in [-0.4, -0.2) is 5.78 Å². The fourth-order valence-corrected chi connectivity index (χ4v) is 2.75. The van der Waals surface area contributed by atoms with Crippen molar-refractivity contribution >= 4 is 11.9 Å². The van der Waals surface area contributed by atoms with Gasteiger partial charge in [0.25, 0.3) is 0 Å². The van der Waals surface area contributed by atoms with Crippen LogP contribution in [0, 0.1) is 11.8 Å². The second-order valence-electron chi connectivity index (χ2n) is 5.78. The summed E-state index contributed by atoms with van der Waals surface area (Å²) < 4.78 is 0. The summed E-state index contributed by atoms with van der Waals surface area (Å²) in [6.07, 6.45) is 4.87. The molecule has 0 radical (unpaired) electrons. The zero-order valence-corrected chi connectivity index (χ0v) is 12.9. The van der Waals surface area contributed by atoms with Crippen molar-refractivity contribution in [3.8, 4) is 11.8 Å². The van der Waals surface area contributed by atoms with E-state index in [0.29, 0.717) is 12.3 Å². The van der Waals surface area contributed by atoms with E-state index in [9.17, 15) is 4.79 Å². The minimum Gasteiger partial charge on any atom is -0.300 e. The summed E-state index contributed by atoms with van der Waals surface area (Å²) in [6, 6.07) is 14.2. The molecule has 1 heteroatoms. The van der Waals surface area contributed by atoms with Crippen LogP contribution in [0.4, 0.5) is 0 Å². The van der Waals surface area contributed by atoms with Crippen LogP contribution >= 0.6 is 0 Å². The highest BCUT2D eigenvalue weighted by molar-refractivity contribution is 5.78. The van der Waals surface area contributed by atoms with Gasteiger partial charge < -0.3 is 0 Å². The molecule has 1 nitrogen and oxygen atoms in total. The molecule has 0 N–H and O–H groups in total. The monoisotopic (exact) mass is 286 g/mol. The maximum Gasteiger partial charge on any atom is 0.134 e. The van der Waals surface area contributed by atoms with Gasteiger partial charge in [-0.25, -0.2) is 0 Å². The zero-order valence-electron chi connectivity index (χ0n) is 12.9. The van der Waals surface area contributed by atoms with Crippen LogP contribution in [0.1, 0.15) is 47.6 Å². The van der Waals surface area contributed by atoms with Gasteiger partial charge in [-0.3, -0.25) is 4.79 Å². The summed E-state index contributed by atoms with van der Waals surface area (Å²) in [4.78, 5) is 11.1. The molecule has 1 aliphatic carbocycles. The van der Waals surface area contributed by atoms with Gasteiger partial charge in [0.1, 0.15) is 5.78 Å². The maximum absolute atomic E-state index is 11.1. The van der Waals surface area contributed by atoms with Gasteiger partial charge >= 0.3 is 0 Å². The average Bonchev–Trinajstić information content (AvgIpc) is 2.88. The molecule has 0 saturated carbocycles. The fraction of sp³-hybridized carbons (Fsp3) is 0.190. The van der Waals surface area contributed by atoms with Crippen LogP contribution < -0.4 is 0 Å². The number of allylic oxidation sites excluding steroid dienone is 1. The van der Waals surface area contributed by atoms with Crippen LogP contribution in [0.25, 0.3) is 6.08 Å². The summed E-state index contributed by atoms with van der Waals surface area (Å²) in [6.45, 7) is 3.81. The highest BCUT2D eigenvalue weighted by atomic mass is 16.1. The SMILES string of the molecule is CC(=O)Cc1ccc(C#Cc2cccc3c2C=CC3C)cc1. The normalized spacial score (nSPS) is 15.1. The lowest BCUT2D eigenvalue weighted by Gasteiger charge is -2.05. The first-order valence-corrected chi connectivity index (χ1v) is 7.55. The number of rotatable bonds is 2. The largest absolute Gasteiger partial charge is 0.300 e. The molecule has 1 unspecified atom stereocenters. The van der Waals surface area contributed by atoms with E-state index in [1.54, 1.807) is 6.92 Å². The van der Waals surface area contributed by atoms with Gasteiger partial charge in [-0.1, -0.05) is 55.2 Å². The standard InChI is InChI=1S/C21H18O/c1-15-6-13-21-19(4-3-5-20(15)21)12-11-17-7-9-18(10-8-17)14-16(2)22/h3-10,13,15H,14H2,1-2H3. The Labute approximate surface area is 131 Å². The minimum absolute atomic E-state index is 0.180. The molecular formula is C21H18O. The van der Waals surface area contributed by atoms with Crippen molar-refractivity contribution in [3.63, 3.8) is 0 Å². The van der Waals surface area contributed by atoms with Gasteiger partial charge in [-0.05, 0) is 47.7 Å². The highest BCUT2D eigenvalue weighted by Gasteiger charge is 2.14. The molecule has 2 aromatic carbocycles. The van der Waals surface area contributed by atoms with Crippen molar-refractivity contribution in [2.45, 2.75) is 26.2 Å². The molecule has 0 aromatic heterocycles. The molecule has 108 valence electrons. The highest BCUT2D eigenvalue weighted by Crippen LogP contribution is 2.31. The molecule has 1 aliphatic rings. The Kier molecular flexibility index (Phi) is 3.94. The first-order valence-electron chi connectivity index (χ1n) is 7.55. The molecule has 1 atom stereocenters. The van der Waals surface area contributed by atoms with Gasteiger partial charge in [-0.15, -0.1) is 0 Å². The Bertz CT molecular complexity index is 798. The summed E-state index contributed by atoms with van der Waals surface area (Å²) in [7, 11) is 0. The molecule has 0 saturated heterocycles. The van der Waals surface area contributed by atoms with E-state index in [2.05, 4.69) is 49.1 Å². The molecule has 2 aromatic rings. The predicted molar refractivity (Wildman–Crippen MR) is 90.7 cm³/mol. The fourth-order valence-electron chi connectivity index (χ4n) is 2.75. The predicted octanol–water partition coefficient (Wildman–Crippen LogP) is 4.35. The lowest BCUT2D eigenvalue weighted by Crippen LogP contribution is -1.95. The van der Waals surface area contributed by atoms with E-state index in [1.165, 1.54) is 11.1 Å². The Morgan fingerprint density at radius 1 is 1.09 bits per heavy atom. The topological polar surface area (TPSA) is 17.1 Å². The molecule has 0 bridgehead atoms. The third-order valence-corrected chi connectivity index (χ3v) is 3.93. The van der Waals surface area contributed by atoms with E-state index in [-0.39, 0.29) is 5.78 Å². The molecule has 0 spiro atoms. The van der Waals surface area contributed by atoms with Crippen LogP contribution in [0.2, 0.25) is 0 Å². The zero-order chi connectivity index (χ0) is 15.5. The Morgan fingerprint density at radius 3 is 2.59 bits per heavy atom. The second kappa shape index (κ2) is 6.03. The number of carbonyl (C=O) groups excluding carboxylic acids is 1. The number of Topliss-reactive ketones (excluding diaryl/α,β-unsaturated/α-hetero) is 1. The summed E-state index contributed by atoms with van der Waals surface area (Å²) in [5.74, 6) is 7.15. The molecule has 0 heterocycles. The maximum atomic E-state index is 11.1. The summed E-state index contributed by atoms with van der Waals surface area (Å²) in [5.41, 5.74) is 5.68. The average molecular weight is 286 g/mol. The van der Waals surface area contributed by atoms with Crippen molar-refractivity contribution in [3.05, 3.63) is 76.4 Å². The quantitative estimate of drug-likeness (QED) is 0.750. The van der Waals surface area contributed by atoms with Crippen molar-refractivity contribution in [2.75, 3.05) is 0 Å².